The summed E-state index contributed by atoms with van der Waals surface area (Å²) in [5.41, 5.74) is 3.09. The molecule has 0 aliphatic carbocycles. The molecular weight excluding hydrogens is 349 g/mol. The monoisotopic (exact) mass is 365 g/mol. The van der Waals surface area contributed by atoms with E-state index in [2.05, 4.69) is 25.5 Å². The normalized spacial score (nSPS) is 10.9. The van der Waals surface area contributed by atoms with E-state index in [1.54, 1.807) is 19.2 Å². The Balaban J connectivity index is 1.44. The average Bonchev–Trinajstić information content (AvgIpc) is 3.33. The molecular formula is C19H16FN5O2. The van der Waals surface area contributed by atoms with E-state index in [-0.39, 0.29) is 18.3 Å². The van der Waals surface area contributed by atoms with E-state index < -0.39 is 0 Å². The number of methoxy groups -OCH3 is 1. The highest BCUT2D eigenvalue weighted by Crippen LogP contribution is 2.21. The third-order valence-corrected chi connectivity index (χ3v) is 4.12. The molecule has 4 aromatic rings. The number of aromatic amines is 2. The summed E-state index contributed by atoms with van der Waals surface area (Å²) < 4.78 is 18.4. The highest BCUT2D eigenvalue weighted by Gasteiger charge is 2.12. The van der Waals surface area contributed by atoms with Gasteiger partial charge >= 0.3 is 0 Å². The Kier molecular flexibility index (Phi) is 4.29. The predicted molar refractivity (Wildman–Crippen MR) is 97.8 cm³/mol. The molecule has 0 saturated heterocycles. The Bertz CT molecular complexity index is 1100. The highest BCUT2D eigenvalue weighted by molar-refractivity contribution is 5.93. The SMILES string of the molecule is COc1ccc(-c2cc(C(=O)NCc3nc4ccc(F)cc4[nH]3)[nH]n2)cc1. The van der Waals surface area contributed by atoms with E-state index in [1.165, 1.54) is 12.1 Å². The molecule has 0 aliphatic rings. The van der Waals surface area contributed by atoms with Gasteiger partial charge in [0.05, 0.1) is 30.4 Å². The van der Waals surface area contributed by atoms with Gasteiger partial charge in [0.25, 0.3) is 5.91 Å². The van der Waals surface area contributed by atoms with Gasteiger partial charge in [-0.3, -0.25) is 9.89 Å². The first kappa shape index (κ1) is 16.8. The van der Waals surface area contributed by atoms with Crippen molar-refractivity contribution in [1.29, 1.82) is 0 Å². The Morgan fingerprint density at radius 1 is 1.19 bits per heavy atom. The van der Waals surface area contributed by atoms with Crippen LogP contribution in [0, 0.1) is 5.82 Å². The van der Waals surface area contributed by atoms with Gasteiger partial charge < -0.3 is 15.0 Å². The summed E-state index contributed by atoms with van der Waals surface area (Å²) in [5.74, 6) is 0.635. The van der Waals surface area contributed by atoms with Crippen LogP contribution in [0.25, 0.3) is 22.3 Å². The van der Waals surface area contributed by atoms with Crippen LogP contribution in [0.5, 0.6) is 5.75 Å². The molecule has 2 aromatic heterocycles. The molecule has 136 valence electrons. The lowest BCUT2D eigenvalue weighted by atomic mass is 10.1. The minimum absolute atomic E-state index is 0.187. The van der Waals surface area contributed by atoms with Crippen LogP contribution < -0.4 is 10.1 Å². The number of nitrogens with zero attached hydrogens (tertiary/aromatic N) is 2. The van der Waals surface area contributed by atoms with Gasteiger partial charge in [-0.05, 0) is 48.5 Å². The van der Waals surface area contributed by atoms with Crippen molar-refractivity contribution in [2.75, 3.05) is 7.11 Å². The number of fused-ring (bicyclic) bond motifs is 1. The standard InChI is InChI=1S/C19H16FN5O2/c1-27-13-5-2-11(3-6-13)15-9-17(25-24-15)19(26)21-10-18-22-14-7-4-12(20)8-16(14)23-18/h2-9H,10H2,1H3,(H,21,26)(H,22,23)(H,24,25). The van der Waals surface area contributed by atoms with Crippen molar-refractivity contribution >= 4 is 16.9 Å². The number of hydrogen-bond acceptors (Lipinski definition) is 4. The number of nitrogens with one attached hydrogen (secondary N) is 3. The summed E-state index contributed by atoms with van der Waals surface area (Å²) in [4.78, 5) is 19.6. The number of H-pyrrole nitrogens is 2. The third-order valence-electron chi connectivity index (χ3n) is 4.12. The van der Waals surface area contributed by atoms with Crippen molar-refractivity contribution in [2.45, 2.75) is 6.54 Å². The number of ether oxygens (including phenoxy) is 1. The predicted octanol–water partition coefficient (Wildman–Crippen LogP) is 3.03. The van der Waals surface area contributed by atoms with Crippen LogP contribution in [-0.2, 0) is 6.54 Å². The quantitative estimate of drug-likeness (QED) is 0.507. The second-order valence-electron chi connectivity index (χ2n) is 5.92. The molecule has 0 fully saturated rings. The Labute approximate surface area is 153 Å². The van der Waals surface area contributed by atoms with Gasteiger partial charge in [0.2, 0.25) is 0 Å². The Hall–Kier alpha value is -3.68. The van der Waals surface area contributed by atoms with Crippen LogP contribution >= 0.6 is 0 Å². The molecule has 27 heavy (non-hydrogen) atoms. The first-order valence-electron chi connectivity index (χ1n) is 8.24. The molecule has 0 unspecified atom stereocenters. The number of carbonyl (C=O) groups excluding carboxylic acids is 1. The smallest absolute Gasteiger partial charge is 0.269 e. The highest BCUT2D eigenvalue weighted by atomic mass is 19.1. The molecule has 0 radical (unpaired) electrons. The molecule has 2 aromatic carbocycles. The number of aromatic nitrogens is 4. The number of halogens is 1. The summed E-state index contributed by atoms with van der Waals surface area (Å²) in [7, 11) is 1.60. The zero-order valence-corrected chi connectivity index (χ0v) is 14.4. The number of benzene rings is 2. The lowest BCUT2D eigenvalue weighted by Crippen LogP contribution is -2.23. The fourth-order valence-corrected chi connectivity index (χ4v) is 2.73. The van der Waals surface area contributed by atoms with Crippen molar-refractivity contribution < 1.29 is 13.9 Å². The van der Waals surface area contributed by atoms with Crippen molar-refractivity contribution in [3.05, 3.63) is 65.9 Å². The largest absolute Gasteiger partial charge is 0.497 e. The van der Waals surface area contributed by atoms with Gasteiger partial charge in [-0.2, -0.15) is 5.10 Å². The number of imidazole rings is 1. The molecule has 8 heteroatoms. The van der Waals surface area contributed by atoms with Gasteiger partial charge in [0, 0.05) is 5.56 Å². The Morgan fingerprint density at radius 2 is 2.00 bits per heavy atom. The fourth-order valence-electron chi connectivity index (χ4n) is 2.73. The van der Waals surface area contributed by atoms with Crippen LogP contribution in [0.2, 0.25) is 0 Å². The van der Waals surface area contributed by atoms with Crippen LogP contribution in [-0.4, -0.2) is 33.2 Å². The van der Waals surface area contributed by atoms with Gasteiger partial charge in [-0.1, -0.05) is 0 Å². The van der Waals surface area contributed by atoms with Gasteiger partial charge in [-0.25, -0.2) is 9.37 Å². The summed E-state index contributed by atoms with van der Waals surface area (Å²) >= 11 is 0. The van der Waals surface area contributed by atoms with E-state index in [1.807, 2.05) is 24.3 Å². The molecule has 0 spiro atoms. The maximum atomic E-state index is 13.2. The van der Waals surface area contributed by atoms with Crippen molar-refractivity contribution in [3.63, 3.8) is 0 Å². The zero-order chi connectivity index (χ0) is 18.8. The van der Waals surface area contributed by atoms with E-state index in [0.717, 1.165) is 11.3 Å². The zero-order valence-electron chi connectivity index (χ0n) is 14.4. The van der Waals surface area contributed by atoms with E-state index in [4.69, 9.17) is 4.74 Å². The summed E-state index contributed by atoms with van der Waals surface area (Å²) in [6, 6.07) is 13.4. The van der Waals surface area contributed by atoms with Gasteiger partial charge in [0.15, 0.2) is 0 Å². The number of carbonyl (C=O) groups is 1. The summed E-state index contributed by atoms with van der Waals surface area (Å²) in [6.07, 6.45) is 0. The van der Waals surface area contributed by atoms with Crippen molar-refractivity contribution in [1.82, 2.24) is 25.5 Å². The minimum Gasteiger partial charge on any atom is -0.497 e. The van der Waals surface area contributed by atoms with Gasteiger partial charge in [-0.15, -0.1) is 0 Å². The lowest BCUT2D eigenvalue weighted by Gasteiger charge is -2.00. The minimum atomic E-state index is -0.342. The third kappa shape index (κ3) is 3.50. The van der Waals surface area contributed by atoms with Gasteiger partial charge in [0.1, 0.15) is 23.1 Å². The molecule has 1 amide bonds. The van der Waals surface area contributed by atoms with Crippen LogP contribution in [0.15, 0.2) is 48.5 Å². The summed E-state index contributed by atoms with van der Waals surface area (Å²) in [5, 5.41) is 9.66. The van der Waals surface area contributed by atoms with Crippen LogP contribution in [0.4, 0.5) is 4.39 Å². The first-order valence-corrected chi connectivity index (χ1v) is 8.24. The van der Waals surface area contributed by atoms with Crippen LogP contribution in [0.3, 0.4) is 0 Å². The molecule has 0 atom stereocenters. The second-order valence-corrected chi connectivity index (χ2v) is 5.92. The first-order chi connectivity index (χ1) is 13.1. The molecule has 4 rings (SSSR count). The van der Waals surface area contributed by atoms with Crippen LogP contribution in [0.1, 0.15) is 16.3 Å². The lowest BCUT2D eigenvalue weighted by molar-refractivity contribution is 0.0945. The second kappa shape index (κ2) is 6.91. The summed E-state index contributed by atoms with van der Waals surface area (Å²) in [6.45, 7) is 0.187. The van der Waals surface area contributed by atoms with E-state index >= 15 is 0 Å². The molecule has 0 saturated carbocycles. The molecule has 0 aliphatic heterocycles. The van der Waals surface area contributed by atoms with E-state index in [0.29, 0.717) is 28.2 Å². The maximum absolute atomic E-state index is 13.2. The number of rotatable bonds is 5. The molecule has 0 bridgehead atoms. The van der Waals surface area contributed by atoms with Crippen molar-refractivity contribution in [3.8, 4) is 17.0 Å². The average molecular weight is 365 g/mol. The van der Waals surface area contributed by atoms with Crippen molar-refractivity contribution in [2.24, 2.45) is 0 Å². The molecule has 3 N–H and O–H groups in total. The van der Waals surface area contributed by atoms with E-state index in [9.17, 15) is 9.18 Å². The topological polar surface area (TPSA) is 95.7 Å². The maximum Gasteiger partial charge on any atom is 0.269 e. The fraction of sp³-hybridized carbons (Fsp3) is 0.105. The Morgan fingerprint density at radius 3 is 2.78 bits per heavy atom. The molecule has 2 heterocycles. The number of hydrogen-bond donors (Lipinski definition) is 3. The molecule has 7 nitrogen and oxygen atoms in total. The number of amides is 1.